The fourth-order valence-corrected chi connectivity index (χ4v) is 0.990. The summed E-state index contributed by atoms with van der Waals surface area (Å²) in [4.78, 5) is 4.10. The summed E-state index contributed by atoms with van der Waals surface area (Å²) in [5.41, 5.74) is 0.647. The molecule has 0 aliphatic carbocycles. The quantitative estimate of drug-likeness (QED) is 0.713. The second-order valence-electron chi connectivity index (χ2n) is 2.82. The summed E-state index contributed by atoms with van der Waals surface area (Å²) in [6.07, 6.45) is 3.93. The summed E-state index contributed by atoms with van der Waals surface area (Å²) in [7, 11) is 0. The average molecular weight is 175 g/mol. The van der Waals surface area contributed by atoms with Crippen LogP contribution in [0.15, 0.2) is 18.3 Å². The molecule has 3 heteroatoms. The summed E-state index contributed by atoms with van der Waals surface area (Å²) in [6, 6.07) is 5.54. The van der Waals surface area contributed by atoms with Crippen LogP contribution in [0.25, 0.3) is 0 Å². The third-order valence-electron chi connectivity index (χ3n) is 1.73. The van der Waals surface area contributed by atoms with E-state index < -0.39 is 0 Å². The van der Waals surface area contributed by atoms with Gasteiger partial charge in [-0.3, -0.25) is 0 Å². The predicted octanol–water partition coefficient (Wildman–Crippen LogP) is 2.17. The molecule has 0 spiro atoms. The Labute approximate surface area is 78.4 Å². The molecule has 0 fully saturated rings. The first-order valence-corrected chi connectivity index (χ1v) is 4.47. The molecule has 0 amide bonds. The van der Waals surface area contributed by atoms with E-state index >= 15 is 0 Å². The highest BCUT2D eigenvalue weighted by Crippen LogP contribution is 2.05. The smallest absolute Gasteiger partial charge is 0.127 e. The van der Waals surface area contributed by atoms with Gasteiger partial charge in [0.05, 0.1) is 11.6 Å². The summed E-state index contributed by atoms with van der Waals surface area (Å²) in [6.45, 7) is 3.05. The Hall–Kier alpha value is -1.56. The molecule has 0 saturated carbocycles. The highest BCUT2D eigenvalue weighted by Gasteiger charge is 1.94. The van der Waals surface area contributed by atoms with E-state index in [-0.39, 0.29) is 0 Å². The van der Waals surface area contributed by atoms with Crippen LogP contribution in [0.4, 0.5) is 5.82 Å². The number of hydrogen-bond acceptors (Lipinski definition) is 3. The van der Waals surface area contributed by atoms with Crippen LogP contribution < -0.4 is 5.32 Å². The molecule has 1 N–H and O–H groups in total. The van der Waals surface area contributed by atoms with E-state index in [1.807, 2.05) is 0 Å². The standard InChI is InChI=1S/C10H13N3/c1-2-3-5-12-10-7-9(8-11)4-6-13-10/h4,6-7H,2-3,5H2,1H3,(H,12,13). The van der Waals surface area contributed by atoms with E-state index in [1.165, 1.54) is 0 Å². The Kier molecular flexibility index (Phi) is 3.77. The van der Waals surface area contributed by atoms with E-state index in [9.17, 15) is 0 Å². The van der Waals surface area contributed by atoms with E-state index in [0.717, 1.165) is 25.2 Å². The molecule has 0 radical (unpaired) electrons. The van der Waals surface area contributed by atoms with Crippen LogP contribution in [0, 0.1) is 11.3 Å². The van der Waals surface area contributed by atoms with Gasteiger partial charge in [0.15, 0.2) is 0 Å². The molecule has 0 aliphatic heterocycles. The highest BCUT2D eigenvalue weighted by atomic mass is 15.0. The van der Waals surface area contributed by atoms with Crippen molar-refractivity contribution in [2.45, 2.75) is 19.8 Å². The number of nitrogens with zero attached hydrogens (tertiary/aromatic N) is 2. The van der Waals surface area contributed by atoms with Gasteiger partial charge in [-0.15, -0.1) is 0 Å². The lowest BCUT2D eigenvalue weighted by Crippen LogP contribution is -2.02. The van der Waals surface area contributed by atoms with Crippen molar-refractivity contribution in [1.29, 1.82) is 5.26 Å². The number of rotatable bonds is 4. The Balaban J connectivity index is 2.52. The molecule has 0 saturated heterocycles. The van der Waals surface area contributed by atoms with E-state index in [1.54, 1.807) is 18.3 Å². The van der Waals surface area contributed by atoms with Crippen LogP contribution in [-0.2, 0) is 0 Å². The molecular weight excluding hydrogens is 162 g/mol. The van der Waals surface area contributed by atoms with Crippen molar-refractivity contribution < 1.29 is 0 Å². The minimum atomic E-state index is 0.647. The topological polar surface area (TPSA) is 48.7 Å². The first-order chi connectivity index (χ1) is 6.36. The van der Waals surface area contributed by atoms with Gasteiger partial charge in [-0.05, 0) is 18.6 Å². The van der Waals surface area contributed by atoms with Crippen molar-refractivity contribution in [2.24, 2.45) is 0 Å². The van der Waals surface area contributed by atoms with Crippen LogP contribution in [0.3, 0.4) is 0 Å². The Morgan fingerprint density at radius 2 is 2.46 bits per heavy atom. The van der Waals surface area contributed by atoms with Gasteiger partial charge in [-0.2, -0.15) is 5.26 Å². The maximum Gasteiger partial charge on any atom is 0.127 e. The lowest BCUT2D eigenvalue weighted by atomic mass is 10.3. The molecule has 0 atom stereocenters. The molecule has 0 aromatic carbocycles. The lowest BCUT2D eigenvalue weighted by molar-refractivity contribution is 0.831. The van der Waals surface area contributed by atoms with Crippen molar-refractivity contribution in [3.8, 4) is 6.07 Å². The molecule has 68 valence electrons. The minimum Gasteiger partial charge on any atom is -0.370 e. The summed E-state index contributed by atoms with van der Waals surface area (Å²) in [5, 5.41) is 11.8. The SMILES string of the molecule is CCCCNc1cc(C#N)ccn1. The van der Waals surface area contributed by atoms with Gasteiger partial charge in [-0.1, -0.05) is 13.3 Å². The van der Waals surface area contributed by atoms with Gasteiger partial charge >= 0.3 is 0 Å². The molecule has 1 aromatic heterocycles. The highest BCUT2D eigenvalue weighted by molar-refractivity contribution is 5.42. The van der Waals surface area contributed by atoms with Crippen LogP contribution in [0.2, 0.25) is 0 Å². The molecule has 1 aromatic rings. The second kappa shape index (κ2) is 5.15. The Bertz CT molecular complexity index is 301. The number of hydrogen-bond donors (Lipinski definition) is 1. The van der Waals surface area contributed by atoms with Gasteiger partial charge in [-0.25, -0.2) is 4.98 Å². The summed E-state index contributed by atoms with van der Waals surface area (Å²) < 4.78 is 0. The van der Waals surface area contributed by atoms with Crippen LogP contribution >= 0.6 is 0 Å². The first kappa shape index (κ1) is 9.53. The third-order valence-corrected chi connectivity index (χ3v) is 1.73. The minimum absolute atomic E-state index is 0.647. The van der Waals surface area contributed by atoms with Crippen LogP contribution in [0.5, 0.6) is 0 Å². The Morgan fingerprint density at radius 1 is 1.62 bits per heavy atom. The van der Waals surface area contributed by atoms with Crippen molar-refractivity contribution in [1.82, 2.24) is 4.98 Å². The Morgan fingerprint density at radius 3 is 3.15 bits per heavy atom. The fourth-order valence-electron chi connectivity index (χ4n) is 0.990. The molecule has 1 rings (SSSR count). The fraction of sp³-hybridized carbons (Fsp3) is 0.400. The lowest BCUT2D eigenvalue weighted by Gasteiger charge is -2.03. The molecule has 0 aliphatic rings. The zero-order valence-corrected chi connectivity index (χ0v) is 7.75. The maximum atomic E-state index is 8.63. The van der Waals surface area contributed by atoms with Crippen molar-refractivity contribution in [3.63, 3.8) is 0 Å². The third kappa shape index (κ3) is 3.12. The number of aromatic nitrogens is 1. The molecular formula is C10H13N3. The van der Waals surface area contributed by atoms with Gasteiger partial charge in [0.25, 0.3) is 0 Å². The average Bonchev–Trinajstić information content (AvgIpc) is 2.19. The summed E-state index contributed by atoms with van der Waals surface area (Å²) >= 11 is 0. The van der Waals surface area contributed by atoms with Gasteiger partial charge in [0.2, 0.25) is 0 Å². The van der Waals surface area contributed by atoms with Gasteiger partial charge in [0, 0.05) is 12.7 Å². The van der Waals surface area contributed by atoms with E-state index in [0.29, 0.717) is 5.56 Å². The number of pyridine rings is 1. The number of nitriles is 1. The molecule has 0 bridgehead atoms. The molecule has 3 nitrogen and oxygen atoms in total. The molecule has 0 unspecified atom stereocenters. The van der Waals surface area contributed by atoms with Crippen molar-refractivity contribution in [2.75, 3.05) is 11.9 Å². The molecule has 1 heterocycles. The van der Waals surface area contributed by atoms with E-state index in [2.05, 4.69) is 23.3 Å². The molecule has 13 heavy (non-hydrogen) atoms. The number of anilines is 1. The van der Waals surface area contributed by atoms with Crippen LogP contribution in [-0.4, -0.2) is 11.5 Å². The zero-order valence-electron chi connectivity index (χ0n) is 7.75. The van der Waals surface area contributed by atoms with E-state index in [4.69, 9.17) is 5.26 Å². The largest absolute Gasteiger partial charge is 0.370 e. The van der Waals surface area contributed by atoms with Crippen molar-refractivity contribution in [3.05, 3.63) is 23.9 Å². The van der Waals surface area contributed by atoms with Crippen molar-refractivity contribution >= 4 is 5.82 Å². The maximum absolute atomic E-state index is 8.63. The predicted molar refractivity (Wildman–Crippen MR) is 52.3 cm³/mol. The van der Waals surface area contributed by atoms with Gasteiger partial charge < -0.3 is 5.32 Å². The van der Waals surface area contributed by atoms with Gasteiger partial charge in [0.1, 0.15) is 5.82 Å². The number of nitrogens with one attached hydrogen (secondary N) is 1. The zero-order chi connectivity index (χ0) is 9.52. The summed E-state index contributed by atoms with van der Waals surface area (Å²) in [5.74, 6) is 0.785. The second-order valence-corrected chi connectivity index (χ2v) is 2.82. The normalized spacial score (nSPS) is 9.23. The number of unbranched alkanes of at least 4 members (excludes halogenated alkanes) is 1. The monoisotopic (exact) mass is 175 g/mol. The van der Waals surface area contributed by atoms with Crippen LogP contribution in [0.1, 0.15) is 25.3 Å². The first-order valence-electron chi connectivity index (χ1n) is 4.47.